The maximum Gasteiger partial charge on any atom is 0.0371 e. The second kappa shape index (κ2) is 6.62. The van der Waals surface area contributed by atoms with Gasteiger partial charge in [0.15, 0.2) is 0 Å². The molecule has 1 aromatic carbocycles. The summed E-state index contributed by atoms with van der Waals surface area (Å²) in [6, 6.07) is 10.0. The van der Waals surface area contributed by atoms with Crippen molar-refractivity contribution in [1.29, 1.82) is 0 Å². The second-order valence-corrected chi connectivity index (χ2v) is 6.94. The van der Waals surface area contributed by atoms with Crippen molar-refractivity contribution in [3.63, 3.8) is 0 Å². The van der Waals surface area contributed by atoms with Gasteiger partial charge in [-0.3, -0.25) is 0 Å². The van der Waals surface area contributed by atoms with Crippen molar-refractivity contribution >= 4 is 5.69 Å². The molecule has 0 spiro atoms. The first-order valence-electron chi connectivity index (χ1n) is 8.08. The van der Waals surface area contributed by atoms with Crippen LogP contribution in [0.2, 0.25) is 0 Å². The zero-order valence-electron chi connectivity index (χ0n) is 13.5. The molecule has 20 heavy (non-hydrogen) atoms. The molecule has 2 rings (SSSR count). The molecule has 0 aromatic heterocycles. The first kappa shape index (κ1) is 15.4. The summed E-state index contributed by atoms with van der Waals surface area (Å²) in [5.41, 5.74) is 8.26. The van der Waals surface area contributed by atoms with Crippen LogP contribution >= 0.6 is 0 Å². The van der Waals surface area contributed by atoms with E-state index in [0.717, 1.165) is 11.8 Å². The van der Waals surface area contributed by atoms with Crippen molar-refractivity contribution in [3.8, 4) is 0 Å². The molecule has 0 heterocycles. The van der Waals surface area contributed by atoms with Gasteiger partial charge in [0.05, 0.1) is 0 Å². The topological polar surface area (TPSA) is 29.3 Å². The van der Waals surface area contributed by atoms with Gasteiger partial charge in [-0.1, -0.05) is 26.0 Å². The molecule has 2 nitrogen and oxygen atoms in total. The van der Waals surface area contributed by atoms with Gasteiger partial charge in [-0.15, -0.1) is 0 Å². The van der Waals surface area contributed by atoms with E-state index in [1.54, 1.807) is 0 Å². The van der Waals surface area contributed by atoms with Crippen LogP contribution in [0.4, 0.5) is 5.69 Å². The fourth-order valence-electron chi connectivity index (χ4n) is 3.87. The average Bonchev–Trinajstić information content (AvgIpc) is 2.38. The van der Waals surface area contributed by atoms with Gasteiger partial charge in [0.2, 0.25) is 0 Å². The van der Waals surface area contributed by atoms with Crippen molar-refractivity contribution in [2.75, 3.05) is 4.90 Å². The van der Waals surface area contributed by atoms with E-state index in [1.807, 2.05) is 0 Å². The fourth-order valence-corrected chi connectivity index (χ4v) is 3.87. The lowest BCUT2D eigenvalue weighted by molar-refractivity contribution is 0.254. The maximum atomic E-state index is 5.70. The molecular formula is C18H30N2. The minimum Gasteiger partial charge on any atom is -0.366 e. The quantitative estimate of drug-likeness (QED) is 0.892. The lowest BCUT2D eigenvalue weighted by Gasteiger charge is -2.43. The molecule has 112 valence electrons. The van der Waals surface area contributed by atoms with E-state index in [9.17, 15) is 0 Å². The molecule has 1 aliphatic carbocycles. The lowest BCUT2D eigenvalue weighted by atomic mass is 9.79. The molecule has 1 fully saturated rings. The SMILES string of the molecule is CC1CC(C)CC(N(c2ccc(CN)cc2)C(C)C)C1. The van der Waals surface area contributed by atoms with Gasteiger partial charge in [0.25, 0.3) is 0 Å². The van der Waals surface area contributed by atoms with Gasteiger partial charge in [-0.2, -0.15) is 0 Å². The number of anilines is 1. The number of hydrogen-bond donors (Lipinski definition) is 1. The molecule has 2 atom stereocenters. The molecular weight excluding hydrogens is 244 g/mol. The Morgan fingerprint density at radius 3 is 2.05 bits per heavy atom. The molecule has 0 saturated heterocycles. The molecule has 0 bridgehead atoms. The van der Waals surface area contributed by atoms with E-state index in [4.69, 9.17) is 5.73 Å². The Morgan fingerprint density at radius 2 is 1.60 bits per heavy atom. The largest absolute Gasteiger partial charge is 0.366 e. The molecule has 1 aromatic rings. The number of rotatable bonds is 4. The molecule has 0 amide bonds. The highest BCUT2D eigenvalue weighted by Gasteiger charge is 2.29. The van der Waals surface area contributed by atoms with Gasteiger partial charge >= 0.3 is 0 Å². The highest BCUT2D eigenvalue weighted by Crippen LogP contribution is 2.35. The smallest absolute Gasteiger partial charge is 0.0371 e. The molecule has 2 N–H and O–H groups in total. The highest BCUT2D eigenvalue weighted by atomic mass is 15.2. The minimum absolute atomic E-state index is 0.543. The Labute approximate surface area is 124 Å². The summed E-state index contributed by atoms with van der Waals surface area (Å²) in [6.07, 6.45) is 4.02. The third-order valence-electron chi connectivity index (χ3n) is 4.57. The van der Waals surface area contributed by atoms with E-state index >= 15 is 0 Å². The normalized spacial score (nSPS) is 26.8. The third kappa shape index (κ3) is 3.54. The molecule has 2 heteroatoms. The molecule has 1 saturated carbocycles. The van der Waals surface area contributed by atoms with E-state index in [-0.39, 0.29) is 0 Å². The number of nitrogens with zero attached hydrogens (tertiary/aromatic N) is 1. The van der Waals surface area contributed by atoms with Gasteiger partial charge in [0, 0.05) is 24.3 Å². The number of nitrogens with two attached hydrogens (primary N) is 1. The predicted molar refractivity (Wildman–Crippen MR) is 87.9 cm³/mol. The molecule has 1 aliphatic rings. The van der Waals surface area contributed by atoms with Crippen molar-refractivity contribution in [3.05, 3.63) is 29.8 Å². The van der Waals surface area contributed by atoms with Crippen LogP contribution in [0.3, 0.4) is 0 Å². The first-order valence-corrected chi connectivity index (χ1v) is 8.08. The standard InChI is InChI=1S/C18H30N2/c1-13(2)20(17-7-5-16(12-19)6-8-17)18-10-14(3)9-15(4)11-18/h5-8,13-15,18H,9-12,19H2,1-4H3. The summed E-state index contributed by atoms with van der Waals surface area (Å²) in [5.74, 6) is 1.68. The monoisotopic (exact) mass is 274 g/mol. The van der Waals surface area contributed by atoms with Crippen molar-refractivity contribution < 1.29 is 0 Å². The maximum absolute atomic E-state index is 5.70. The Bertz CT molecular complexity index is 400. The van der Waals surface area contributed by atoms with Gasteiger partial charge in [-0.25, -0.2) is 0 Å². The summed E-state index contributed by atoms with van der Waals surface area (Å²) in [4.78, 5) is 2.62. The zero-order chi connectivity index (χ0) is 14.7. The van der Waals surface area contributed by atoms with E-state index in [2.05, 4.69) is 56.9 Å². The van der Waals surface area contributed by atoms with Crippen LogP contribution in [-0.2, 0) is 6.54 Å². The number of benzene rings is 1. The van der Waals surface area contributed by atoms with Crippen LogP contribution in [0, 0.1) is 11.8 Å². The van der Waals surface area contributed by atoms with Gasteiger partial charge in [-0.05, 0) is 62.6 Å². The van der Waals surface area contributed by atoms with Gasteiger partial charge in [0.1, 0.15) is 0 Å². The summed E-state index contributed by atoms with van der Waals surface area (Å²) < 4.78 is 0. The zero-order valence-corrected chi connectivity index (χ0v) is 13.5. The van der Waals surface area contributed by atoms with Crippen molar-refractivity contribution in [2.45, 2.75) is 65.6 Å². The van der Waals surface area contributed by atoms with Crippen LogP contribution in [0.25, 0.3) is 0 Å². The Kier molecular flexibility index (Phi) is 5.09. The highest BCUT2D eigenvalue weighted by molar-refractivity contribution is 5.49. The molecule has 2 unspecified atom stereocenters. The van der Waals surface area contributed by atoms with Gasteiger partial charge < -0.3 is 10.6 Å². The Morgan fingerprint density at radius 1 is 1.05 bits per heavy atom. The van der Waals surface area contributed by atoms with Crippen LogP contribution in [0.1, 0.15) is 52.5 Å². The minimum atomic E-state index is 0.543. The molecule has 0 radical (unpaired) electrons. The number of hydrogen-bond acceptors (Lipinski definition) is 2. The van der Waals surface area contributed by atoms with Crippen molar-refractivity contribution in [2.24, 2.45) is 17.6 Å². The fraction of sp³-hybridized carbons (Fsp3) is 0.667. The van der Waals surface area contributed by atoms with E-state index < -0.39 is 0 Å². The third-order valence-corrected chi connectivity index (χ3v) is 4.57. The average molecular weight is 274 g/mol. The predicted octanol–water partition coefficient (Wildman–Crippen LogP) is 4.18. The second-order valence-electron chi connectivity index (χ2n) is 6.94. The van der Waals surface area contributed by atoms with Crippen LogP contribution in [0.15, 0.2) is 24.3 Å². The Hall–Kier alpha value is -1.02. The summed E-state index contributed by atoms with van der Waals surface area (Å²) >= 11 is 0. The van der Waals surface area contributed by atoms with Crippen molar-refractivity contribution in [1.82, 2.24) is 0 Å². The van der Waals surface area contributed by atoms with E-state index in [0.29, 0.717) is 18.6 Å². The summed E-state index contributed by atoms with van der Waals surface area (Å²) in [7, 11) is 0. The Balaban J connectivity index is 2.21. The summed E-state index contributed by atoms with van der Waals surface area (Å²) in [6.45, 7) is 10.0. The first-order chi connectivity index (χ1) is 9.51. The van der Waals surface area contributed by atoms with Crippen LogP contribution < -0.4 is 10.6 Å². The lowest BCUT2D eigenvalue weighted by Crippen LogP contribution is -2.44. The van der Waals surface area contributed by atoms with Crippen LogP contribution in [0.5, 0.6) is 0 Å². The van der Waals surface area contributed by atoms with E-state index in [1.165, 1.54) is 30.5 Å². The molecule has 0 aliphatic heterocycles. The summed E-state index contributed by atoms with van der Waals surface area (Å²) in [5, 5.41) is 0. The van der Waals surface area contributed by atoms with Crippen LogP contribution in [-0.4, -0.2) is 12.1 Å².